The van der Waals surface area contributed by atoms with Gasteiger partial charge in [-0.15, -0.1) is 0 Å². The van der Waals surface area contributed by atoms with Crippen molar-refractivity contribution in [3.8, 4) is 0 Å². The Labute approximate surface area is 113 Å². The zero-order valence-corrected chi connectivity index (χ0v) is 10.7. The van der Waals surface area contributed by atoms with Crippen LogP contribution in [0, 0.1) is 0 Å². The maximum Gasteiger partial charge on any atom is 0.167 e. The van der Waals surface area contributed by atoms with Crippen molar-refractivity contribution in [2.24, 2.45) is 0 Å². The Morgan fingerprint density at radius 3 is 2.70 bits per heavy atom. The van der Waals surface area contributed by atoms with Crippen LogP contribution in [-0.2, 0) is 4.74 Å². The Balaban J connectivity index is 2.02. The van der Waals surface area contributed by atoms with E-state index < -0.39 is 30.6 Å². The number of aliphatic hydroxyl groups excluding tert-OH is 3. The smallest absolute Gasteiger partial charge is 0.167 e. The van der Waals surface area contributed by atoms with Gasteiger partial charge < -0.3 is 25.8 Å². The summed E-state index contributed by atoms with van der Waals surface area (Å²) in [6.45, 7) is 1.48. The van der Waals surface area contributed by atoms with Crippen molar-refractivity contribution in [1.29, 1.82) is 0 Å². The highest BCUT2D eigenvalue weighted by molar-refractivity contribution is 5.81. The Hall–Kier alpha value is -1.81. The minimum atomic E-state index is -1.21. The quantitative estimate of drug-likeness (QED) is 0.516. The van der Waals surface area contributed by atoms with E-state index >= 15 is 0 Å². The lowest BCUT2D eigenvalue weighted by molar-refractivity contribution is -0.0777. The molecule has 1 fully saturated rings. The summed E-state index contributed by atoms with van der Waals surface area (Å²) in [6, 6.07) is 0. The van der Waals surface area contributed by atoms with Gasteiger partial charge in [0.05, 0.1) is 12.4 Å². The van der Waals surface area contributed by atoms with Crippen molar-refractivity contribution < 1.29 is 20.1 Å². The van der Waals surface area contributed by atoms with Gasteiger partial charge in [-0.1, -0.05) is 0 Å². The molecule has 0 radical (unpaired) electrons. The molecule has 3 rings (SSSR count). The molecule has 9 heteroatoms. The molecule has 5 N–H and O–H groups in total. The molecule has 1 saturated heterocycles. The zero-order valence-electron chi connectivity index (χ0n) is 10.7. The second-order valence-electron chi connectivity index (χ2n) is 4.80. The standard InChI is InChI=1S/C11H15N5O4/c1-4(17)8-6(18)7(19)11(20-8)16-3-15-5-9(12)13-2-14-10(5)16/h2-4,6-8,11,17-19H,1H3,(H2,12,13,14)/t4-,6-,7-,8+,11-/m0/s1. The monoisotopic (exact) mass is 281 g/mol. The summed E-state index contributed by atoms with van der Waals surface area (Å²) in [5.41, 5.74) is 6.46. The molecule has 9 nitrogen and oxygen atoms in total. The molecule has 20 heavy (non-hydrogen) atoms. The topological polar surface area (TPSA) is 140 Å². The molecule has 0 aromatic carbocycles. The van der Waals surface area contributed by atoms with Gasteiger partial charge in [0.15, 0.2) is 17.7 Å². The van der Waals surface area contributed by atoms with Gasteiger partial charge in [-0.2, -0.15) is 0 Å². The second-order valence-corrected chi connectivity index (χ2v) is 4.80. The second kappa shape index (κ2) is 4.63. The third-order valence-corrected chi connectivity index (χ3v) is 3.41. The number of imidazole rings is 1. The normalized spacial score (nSPS) is 31.8. The minimum absolute atomic E-state index is 0.217. The molecule has 0 bridgehead atoms. The average molecular weight is 281 g/mol. The van der Waals surface area contributed by atoms with Crippen LogP contribution in [-0.4, -0.2) is 59.3 Å². The van der Waals surface area contributed by atoms with E-state index in [0.717, 1.165) is 0 Å². The number of nitrogens with two attached hydrogens (primary N) is 1. The van der Waals surface area contributed by atoms with Gasteiger partial charge in [-0.3, -0.25) is 4.57 Å². The number of nitrogen functional groups attached to an aromatic ring is 1. The van der Waals surface area contributed by atoms with Crippen molar-refractivity contribution in [2.75, 3.05) is 5.73 Å². The van der Waals surface area contributed by atoms with Crippen LogP contribution in [0.4, 0.5) is 5.82 Å². The third kappa shape index (κ3) is 1.83. The zero-order chi connectivity index (χ0) is 14.4. The Morgan fingerprint density at radius 1 is 1.30 bits per heavy atom. The number of rotatable bonds is 2. The Bertz CT molecular complexity index is 630. The van der Waals surface area contributed by atoms with Crippen LogP contribution >= 0.6 is 0 Å². The first-order valence-electron chi connectivity index (χ1n) is 6.13. The molecule has 108 valence electrons. The first-order valence-corrected chi connectivity index (χ1v) is 6.13. The van der Waals surface area contributed by atoms with Crippen LogP contribution in [0.25, 0.3) is 11.2 Å². The summed E-state index contributed by atoms with van der Waals surface area (Å²) in [6.07, 6.45) is -2.42. The molecule has 1 aliphatic rings. The molecule has 2 aromatic rings. The summed E-state index contributed by atoms with van der Waals surface area (Å²) in [5, 5.41) is 29.5. The van der Waals surface area contributed by atoms with Crippen molar-refractivity contribution in [2.45, 2.75) is 37.6 Å². The number of anilines is 1. The first kappa shape index (κ1) is 13.2. The van der Waals surface area contributed by atoms with E-state index in [1.54, 1.807) is 0 Å². The molecule has 0 aliphatic carbocycles. The summed E-state index contributed by atoms with van der Waals surface area (Å²) in [5.74, 6) is 0.217. The van der Waals surface area contributed by atoms with E-state index in [0.29, 0.717) is 11.2 Å². The fourth-order valence-corrected chi connectivity index (χ4v) is 2.37. The fourth-order valence-electron chi connectivity index (χ4n) is 2.37. The third-order valence-electron chi connectivity index (χ3n) is 3.41. The number of hydrogen-bond acceptors (Lipinski definition) is 8. The molecule has 1 aliphatic heterocycles. The maximum atomic E-state index is 10.1. The molecule has 3 heterocycles. The lowest BCUT2D eigenvalue weighted by atomic mass is 10.1. The summed E-state index contributed by atoms with van der Waals surface area (Å²) in [4.78, 5) is 11.9. The molecule has 0 saturated carbocycles. The van der Waals surface area contributed by atoms with Gasteiger partial charge in [0, 0.05) is 0 Å². The van der Waals surface area contributed by atoms with E-state index in [1.807, 2.05) is 0 Å². The highest BCUT2D eigenvalue weighted by atomic mass is 16.6. The summed E-state index contributed by atoms with van der Waals surface area (Å²) in [7, 11) is 0. The van der Waals surface area contributed by atoms with E-state index in [2.05, 4.69) is 15.0 Å². The van der Waals surface area contributed by atoms with E-state index in [9.17, 15) is 15.3 Å². The highest BCUT2D eigenvalue weighted by Crippen LogP contribution is 2.33. The van der Waals surface area contributed by atoms with Gasteiger partial charge in [0.2, 0.25) is 0 Å². The van der Waals surface area contributed by atoms with Crippen molar-refractivity contribution >= 4 is 17.0 Å². The van der Waals surface area contributed by atoms with Crippen LogP contribution in [0.1, 0.15) is 13.2 Å². The predicted molar refractivity (Wildman–Crippen MR) is 67.3 cm³/mol. The number of aromatic nitrogens is 4. The Morgan fingerprint density at radius 2 is 2.05 bits per heavy atom. The number of aliphatic hydroxyl groups is 3. The van der Waals surface area contributed by atoms with E-state index in [1.165, 1.54) is 24.1 Å². The number of nitrogens with zero attached hydrogens (tertiary/aromatic N) is 4. The van der Waals surface area contributed by atoms with E-state index in [4.69, 9.17) is 10.5 Å². The molecular formula is C11H15N5O4. The number of fused-ring (bicyclic) bond motifs is 1. The van der Waals surface area contributed by atoms with Crippen LogP contribution in [0.2, 0.25) is 0 Å². The highest BCUT2D eigenvalue weighted by Gasteiger charge is 2.46. The molecular weight excluding hydrogens is 266 g/mol. The average Bonchev–Trinajstić information content (AvgIpc) is 2.94. The summed E-state index contributed by atoms with van der Waals surface area (Å²) >= 11 is 0. The Kier molecular flexibility index (Phi) is 3.05. The number of ether oxygens (including phenoxy) is 1. The van der Waals surface area contributed by atoms with Gasteiger partial charge in [0.25, 0.3) is 0 Å². The SMILES string of the molecule is C[C@H](O)[C@H]1O[C@H](n2cnc3c(N)ncnc32)[C@@H](O)[C@@H]1O. The van der Waals surface area contributed by atoms with Crippen LogP contribution < -0.4 is 5.73 Å². The minimum Gasteiger partial charge on any atom is -0.391 e. The van der Waals surface area contributed by atoms with Gasteiger partial charge in [-0.05, 0) is 6.92 Å². The molecule has 0 amide bonds. The maximum absolute atomic E-state index is 10.1. The van der Waals surface area contributed by atoms with Crippen LogP contribution in [0.3, 0.4) is 0 Å². The lowest BCUT2D eigenvalue weighted by Gasteiger charge is -2.17. The summed E-state index contributed by atoms with van der Waals surface area (Å²) < 4.78 is 6.97. The lowest BCUT2D eigenvalue weighted by Crippen LogP contribution is -2.37. The van der Waals surface area contributed by atoms with Crippen molar-refractivity contribution in [3.63, 3.8) is 0 Å². The van der Waals surface area contributed by atoms with Crippen molar-refractivity contribution in [3.05, 3.63) is 12.7 Å². The fraction of sp³-hybridized carbons (Fsp3) is 0.545. The van der Waals surface area contributed by atoms with Gasteiger partial charge >= 0.3 is 0 Å². The van der Waals surface area contributed by atoms with Gasteiger partial charge in [0.1, 0.15) is 30.2 Å². The molecule has 0 spiro atoms. The first-order chi connectivity index (χ1) is 9.50. The molecule has 2 aromatic heterocycles. The number of hydrogen-bond donors (Lipinski definition) is 4. The van der Waals surface area contributed by atoms with Crippen LogP contribution in [0.5, 0.6) is 0 Å². The molecule has 0 unspecified atom stereocenters. The largest absolute Gasteiger partial charge is 0.391 e. The predicted octanol–water partition coefficient (Wildman–Crippen LogP) is -1.59. The van der Waals surface area contributed by atoms with Gasteiger partial charge in [-0.25, -0.2) is 15.0 Å². The van der Waals surface area contributed by atoms with Crippen molar-refractivity contribution in [1.82, 2.24) is 19.5 Å². The van der Waals surface area contributed by atoms with Crippen LogP contribution in [0.15, 0.2) is 12.7 Å². The van der Waals surface area contributed by atoms with E-state index in [-0.39, 0.29) is 5.82 Å². The molecule has 5 atom stereocenters.